The fourth-order valence-electron chi connectivity index (χ4n) is 2.73. The minimum Gasteiger partial charge on any atom is -0.490 e. The first kappa shape index (κ1) is 13.8. The predicted octanol–water partition coefficient (Wildman–Crippen LogP) is 3.87. The van der Waals surface area contributed by atoms with Gasteiger partial charge in [-0.2, -0.15) is 0 Å². The number of ether oxygens (including phenoxy) is 2. The molecule has 1 aromatic carbocycles. The first-order valence-corrected chi connectivity index (χ1v) is 7.48. The van der Waals surface area contributed by atoms with Gasteiger partial charge < -0.3 is 9.47 Å². The zero-order valence-electron chi connectivity index (χ0n) is 12.7. The summed E-state index contributed by atoms with van der Waals surface area (Å²) in [6, 6.07) is 9.41. The summed E-state index contributed by atoms with van der Waals surface area (Å²) in [5.74, 6) is 1.67. The van der Waals surface area contributed by atoms with E-state index >= 15 is 0 Å². The first-order chi connectivity index (χ1) is 11.3. The Morgan fingerprint density at radius 2 is 1.96 bits per heavy atom. The number of nitrogens with zero attached hydrogens (tertiary/aromatic N) is 3. The average molecular weight is 309 g/mol. The minimum absolute atomic E-state index is 0.287. The maximum atomic E-state index is 11.3. The molecule has 1 aliphatic rings. The summed E-state index contributed by atoms with van der Waals surface area (Å²) in [4.78, 5) is 15.9. The van der Waals surface area contributed by atoms with Gasteiger partial charge in [0.1, 0.15) is 11.3 Å². The Bertz CT molecular complexity index is 901. The van der Waals surface area contributed by atoms with E-state index in [4.69, 9.17) is 9.47 Å². The number of hydrogen-bond donors (Lipinski definition) is 0. The monoisotopic (exact) mass is 309 g/mol. The quantitative estimate of drug-likeness (QED) is 0.674. The highest BCUT2D eigenvalue weighted by Crippen LogP contribution is 2.37. The Morgan fingerprint density at radius 3 is 2.78 bits per heavy atom. The smallest absolute Gasteiger partial charge is 0.209 e. The van der Waals surface area contributed by atoms with Crippen molar-refractivity contribution in [3.05, 3.63) is 47.0 Å². The van der Waals surface area contributed by atoms with Gasteiger partial charge in [0.15, 0.2) is 11.5 Å². The third-order valence-corrected chi connectivity index (χ3v) is 3.86. The van der Waals surface area contributed by atoms with Crippen molar-refractivity contribution in [3.8, 4) is 22.8 Å². The SMILES string of the molecule is Cc1ccn2c(N=O)c(-c3ccc4c(c3)OCCCO4)nc2c1. The molecule has 0 amide bonds. The Morgan fingerprint density at radius 1 is 1.13 bits per heavy atom. The van der Waals surface area contributed by atoms with Crippen LogP contribution in [0.1, 0.15) is 12.0 Å². The van der Waals surface area contributed by atoms with Crippen LogP contribution in [0, 0.1) is 11.8 Å². The van der Waals surface area contributed by atoms with E-state index in [0.717, 1.165) is 17.5 Å². The van der Waals surface area contributed by atoms with E-state index in [-0.39, 0.29) is 5.82 Å². The Hall–Kier alpha value is -2.89. The maximum Gasteiger partial charge on any atom is 0.209 e. The Kier molecular flexibility index (Phi) is 3.22. The molecule has 0 unspecified atom stereocenters. The van der Waals surface area contributed by atoms with Gasteiger partial charge in [0.25, 0.3) is 0 Å². The number of hydrogen-bond acceptors (Lipinski definition) is 5. The second kappa shape index (κ2) is 5.39. The van der Waals surface area contributed by atoms with Crippen LogP contribution in [0.15, 0.2) is 41.7 Å². The van der Waals surface area contributed by atoms with Gasteiger partial charge in [-0.3, -0.25) is 4.40 Å². The lowest BCUT2D eigenvalue weighted by Gasteiger charge is -2.08. The van der Waals surface area contributed by atoms with E-state index < -0.39 is 0 Å². The molecule has 0 bridgehead atoms. The molecule has 0 spiro atoms. The zero-order valence-corrected chi connectivity index (χ0v) is 12.7. The summed E-state index contributed by atoms with van der Waals surface area (Å²) >= 11 is 0. The van der Waals surface area contributed by atoms with Gasteiger partial charge in [-0.1, -0.05) is 0 Å². The van der Waals surface area contributed by atoms with Crippen molar-refractivity contribution in [3.63, 3.8) is 0 Å². The first-order valence-electron chi connectivity index (χ1n) is 7.48. The van der Waals surface area contributed by atoms with Crippen LogP contribution in [0.3, 0.4) is 0 Å². The molecule has 0 fully saturated rings. The van der Waals surface area contributed by atoms with E-state index in [1.807, 2.05) is 37.3 Å². The summed E-state index contributed by atoms with van der Waals surface area (Å²) in [5, 5.41) is 3.17. The number of aryl methyl sites for hydroxylation is 1. The lowest BCUT2D eigenvalue weighted by Crippen LogP contribution is -1.97. The number of nitroso groups, excluding NO2 is 1. The molecule has 0 N–H and O–H groups in total. The third kappa shape index (κ3) is 2.32. The van der Waals surface area contributed by atoms with Crippen molar-refractivity contribution < 1.29 is 9.47 Å². The second-order valence-electron chi connectivity index (χ2n) is 5.52. The summed E-state index contributed by atoms with van der Waals surface area (Å²) < 4.78 is 13.0. The lowest BCUT2D eigenvalue weighted by atomic mass is 10.1. The molecule has 0 radical (unpaired) electrons. The minimum atomic E-state index is 0.287. The molecule has 3 heterocycles. The number of imidazole rings is 1. The van der Waals surface area contributed by atoms with Crippen LogP contribution in [-0.4, -0.2) is 22.6 Å². The Labute approximate surface area is 132 Å². The van der Waals surface area contributed by atoms with Gasteiger partial charge in [0.2, 0.25) is 5.82 Å². The van der Waals surface area contributed by atoms with Crippen LogP contribution >= 0.6 is 0 Å². The molecule has 4 rings (SSSR count). The van der Waals surface area contributed by atoms with E-state index in [2.05, 4.69) is 10.2 Å². The van der Waals surface area contributed by atoms with Gasteiger partial charge in [-0.15, -0.1) is 4.91 Å². The molecule has 0 saturated carbocycles. The fourth-order valence-corrected chi connectivity index (χ4v) is 2.73. The summed E-state index contributed by atoms with van der Waals surface area (Å²) in [7, 11) is 0. The highest BCUT2D eigenvalue weighted by Gasteiger charge is 2.18. The topological polar surface area (TPSA) is 65.2 Å². The van der Waals surface area contributed by atoms with Crippen molar-refractivity contribution >= 4 is 11.5 Å². The molecule has 2 aromatic heterocycles. The van der Waals surface area contributed by atoms with Gasteiger partial charge in [0, 0.05) is 18.2 Å². The molecule has 116 valence electrons. The lowest BCUT2D eigenvalue weighted by molar-refractivity contribution is 0.297. The molecule has 0 saturated heterocycles. The normalized spacial score (nSPS) is 13.8. The van der Waals surface area contributed by atoms with E-state index in [9.17, 15) is 4.91 Å². The van der Waals surface area contributed by atoms with Crippen molar-refractivity contribution in [1.29, 1.82) is 0 Å². The van der Waals surface area contributed by atoms with Crippen molar-refractivity contribution in [1.82, 2.24) is 9.38 Å². The number of benzene rings is 1. The number of fused-ring (bicyclic) bond motifs is 2. The standard InChI is InChI=1S/C17H15N3O3/c1-11-5-6-20-15(9-11)18-16(17(20)19-21)12-3-4-13-14(10-12)23-8-2-7-22-13/h3-6,9-10H,2,7-8H2,1H3. The molecular formula is C17H15N3O3. The largest absolute Gasteiger partial charge is 0.490 e. The van der Waals surface area contributed by atoms with Gasteiger partial charge in [0.05, 0.1) is 13.2 Å². The van der Waals surface area contributed by atoms with Crippen LogP contribution in [-0.2, 0) is 0 Å². The molecule has 23 heavy (non-hydrogen) atoms. The van der Waals surface area contributed by atoms with E-state index in [1.54, 1.807) is 10.6 Å². The summed E-state index contributed by atoms with van der Waals surface area (Å²) in [5.41, 5.74) is 3.10. The van der Waals surface area contributed by atoms with Crippen molar-refractivity contribution in [2.24, 2.45) is 5.18 Å². The molecule has 1 aliphatic heterocycles. The number of aromatic nitrogens is 2. The maximum absolute atomic E-state index is 11.3. The average Bonchev–Trinajstić information content (AvgIpc) is 2.75. The molecule has 6 nitrogen and oxygen atoms in total. The van der Waals surface area contributed by atoms with Crippen LogP contribution in [0.25, 0.3) is 16.9 Å². The zero-order chi connectivity index (χ0) is 15.8. The number of rotatable bonds is 2. The second-order valence-corrected chi connectivity index (χ2v) is 5.52. The van der Waals surface area contributed by atoms with Crippen molar-refractivity contribution in [2.45, 2.75) is 13.3 Å². The molecule has 3 aromatic rings. The Balaban J connectivity index is 1.88. The van der Waals surface area contributed by atoms with Crippen LogP contribution < -0.4 is 9.47 Å². The van der Waals surface area contributed by atoms with Gasteiger partial charge in [-0.05, 0) is 48.0 Å². The highest BCUT2D eigenvalue weighted by molar-refractivity contribution is 5.76. The fraction of sp³-hybridized carbons (Fsp3) is 0.235. The van der Waals surface area contributed by atoms with Crippen LogP contribution in [0.4, 0.5) is 5.82 Å². The van der Waals surface area contributed by atoms with Crippen LogP contribution in [0.2, 0.25) is 0 Å². The summed E-state index contributed by atoms with van der Waals surface area (Å²) in [6.45, 7) is 3.23. The molecule has 0 aliphatic carbocycles. The van der Waals surface area contributed by atoms with E-state index in [0.29, 0.717) is 36.1 Å². The summed E-state index contributed by atoms with van der Waals surface area (Å²) in [6.07, 6.45) is 2.65. The molecule has 6 heteroatoms. The molecule has 0 atom stereocenters. The van der Waals surface area contributed by atoms with Gasteiger partial charge in [-0.25, -0.2) is 4.98 Å². The van der Waals surface area contributed by atoms with Gasteiger partial charge >= 0.3 is 0 Å². The number of pyridine rings is 1. The third-order valence-electron chi connectivity index (χ3n) is 3.86. The molecular weight excluding hydrogens is 294 g/mol. The van der Waals surface area contributed by atoms with E-state index in [1.165, 1.54) is 0 Å². The van der Waals surface area contributed by atoms with Crippen LogP contribution in [0.5, 0.6) is 11.5 Å². The van der Waals surface area contributed by atoms with Crippen molar-refractivity contribution in [2.75, 3.05) is 13.2 Å². The predicted molar refractivity (Wildman–Crippen MR) is 86.4 cm³/mol. The highest BCUT2D eigenvalue weighted by atomic mass is 16.5.